The smallest absolute Gasteiger partial charge is 0.366 e. The molecule has 2 fully saturated rings. The van der Waals surface area contributed by atoms with Crippen LogP contribution in [0.1, 0.15) is 75.2 Å². The van der Waals surface area contributed by atoms with E-state index in [0.717, 1.165) is 69.4 Å². The molecule has 12 atom stereocenters. The predicted octanol–water partition coefficient (Wildman–Crippen LogP) is -2.96. The molecule has 2 aliphatic rings. The lowest BCUT2D eigenvalue weighted by Crippen LogP contribution is -2.70. The van der Waals surface area contributed by atoms with E-state index in [0.29, 0.717) is 0 Å². The Morgan fingerprint density at radius 2 is 0.930 bits per heavy atom. The summed E-state index contributed by atoms with van der Waals surface area (Å²) in [5.41, 5.74) is 0. The number of carbonyl (C=O) groups is 13. The van der Waals surface area contributed by atoms with Crippen LogP contribution in [0.4, 0.5) is 0 Å². The van der Waals surface area contributed by atoms with Crippen molar-refractivity contribution in [2.45, 2.75) is 148 Å². The van der Waals surface area contributed by atoms with Gasteiger partial charge in [0, 0.05) is 62.3 Å². The maximum absolute atomic E-state index is 14.2. The summed E-state index contributed by atoms with van der Waals surface area (Å²) in [6.07, 6.45) is -18.1. The highest BCUT2D eigenvalue weighted by Crippen LogP contribution is 2.39. The van der Waals surface area contributed by atoms with E-state index < -0.39 is 189 Å². The Kier molecular flexibility index (Phi) is 22.7. The number of carboxylic acids is 2. The first-order chi connectivity index (χ1) is 33.0. The molecule has 0 bridgehead atoms. The number of carbonyl (C=O) groups excluding carboxylic acids is 11. The minimum absolute atomic E-state index is 0.815. The number of hydrogen-bond acceptors (Lipinski definition) is 26. The van der Waals surface area contributed by atoms with Crippen LogP contribution in [0.3, 0.4) is 0 Å². The molecule has 2 heterocycles. The summed E-state index contributed by atoms with van der Waals surface area (Å²) in [4.78, 5) is 164. The minimum Gasteiger partial charge on any atom is -0.480 e. The van der Waals surface area contributed by atoms with Crippen molar-refractivity contribution in [1.29, 1.82) is 0 Å². The summed E-state index contributed by atoms with van der Waals surface area (Å²) in [7, 11) is 0.815. The summed E-state index contributed by atoms with van der Waals surface area (Å²) < 4.78 is 70.1. The van der Waals surface area contributed by atoms with Crippen molar-refractivity contribution in [3.05, 3.63) is 0 Å². The van der Waals surface area contributed by atoms with Gasteiger partial charge in [0.25, 0.3) is 11.6 Å². The average molecular weight is 1020 g/mol. The molecule has 0 saturated carbocycles. The molecular weight excluding hydrogens is 968 g/mol. The molecule has 0 aromatic rings. The van der Waals surface area contributed by atoms with Crippen molar-refractivity contribution >= 4 is 77.5 Å². The third-order valence-corrected chi connectivity index (χ3v) is 9.64. The molecule has 0 aromatic heterocycles. The fourth-order valence-electron chi connectivity index (χ4n) is 7.30. The minimum atomic E-state index is -3.19. The molecule has 2 saturated heterocycles. The van der Waals surface area contributed by atoms with Gasteiger partial charge in [0.1, 0.15) is 50.8 Å². The van der Waals surface area contributed by atoms with E-state index >= 15 is 0 Å². The summed E-state index contributed by atoms with van der Waals surface area (Å²) in [6, 6.07) is -3.67. The monoisotopic (exact) mass is 1020 g/mol. The van der Waals surface area contributed by atoms with Crippen LogP contribution in [0, 0.1) is 0 Å². The van der Waals surface area contributed by atoms with Gasteiger partial charge in [-0.05, 0) is 0 Å². The molecule has 30 nitrogen and oxygen atoms in total. The first-order valence-electron chi connectivity index (χ1n) is 21.0. The Bertz CT molecular complexity index is 2040. The Balaban J connectivity index is 2.92. The number of amides is 2. The topological polar surface area (TPSA) is 406 Å². The molecule has 30 heteroatoms. The average Bonchev–Trinajstić information content (AvgIpc) is 3.23. The fourth-order valence-corrected chi connectivity index (χ4v) is 7.30. The van der Waals surface area contributed by atoms with Gasteiger partial charge in [0.2, 0.25) is 11.8 Å². The standard InChI is InChI=1S/C41H56N2O28/c1-17(44)42-32-26(64-20(4)47)11-40(38(56)57,70-36(32)34(68-24(8)51)28(66-22(6)49)13-60-18(2)45)62-15-30(53)43-33-27(65-21(5)48)12-41(39(58)59-10,63-16-31(54)55)71-37(33)35(69-25(9)52)29(67-23(7)50)14-61-19(3)46/h26-29,32-37H,11-16H2,1-10H3,(H,42,44)(H,43,53)(H,54,55)(H,56,57)/t26-,27-,28+,29+,32+,33+,34+,35+,36+,37+,40+,41+/m0/s1. The summed E-state index contributed by atoms with van der Waals surface area (Å²) in [6.45, 7) is 3.57. The highest BCUT2D eigenvalue weighted by Gasteiger charge is 2.61. The van der Waals surface area contributed by atoms with Gasteiger partial charge in [0.05, 0.1) is 32.0 Å². The van der Waals surface area contributed by atoms with E-state index in [1.54, 1.807) is 0 Å². The molecule has 4 N–H and O–H groups in total. The Morgan fingerprint density at radius 1 is 0.535 bits per heavy atom. The first kappa shape index (κ1) is 60.1. The molecule has 0 aromatic carbocycles. The van der Waals surface area contributed by atoms with Gasteiger partial charge < -0.3 is 82.4 Å². The van der Waals surface area contributed by atoms with Crippen molar-refractivity contribution in [2.24, 2.45) is 0 Å². The highest BCUT2D eigenvalue weighted by atomic mass is 16.8. The number of esters is 9. The van der Waals surface area contributed by atoms with E-state index in [4.69, 9.17) is 61.6 Å². The Morgan fingerprint density at radius 3 is 1.28 bits per heavy atom. The zero-order valence-electron chi connectivity index (χ0n) is 40.0. The van der Waals surface area contributed by atoms with E-state index in [-0.39, 0.29) is 0 Å². The predicted molar refractivity (Wildman–Crippen MR) is 220 cm³/mol. The largest absolute Gasteiger partial charge is 0.480 e. The second-order valence-corrected chi connectivity index (χ2v) is 15.5. The van der Waals surface area contributed by atoms with Crippen molar-refractivity contribution in [3.8, 4) is 0 Å². The molecule has 0 spiro atoms. The van der Waals surface area contributed by atoms with Crippen LogP contribution in [0.15, 0.2) is 0 Å². The van der Waals surface area contributed by atoms with Crippen LogP contribution in [-0.4, -0.2) is 194 Å². The number of hydrogen-bond donors (Lipinski definition) is 4. The van der Waals surface area contributed by atoms with Crippen LogP contribution in [-0.2, 0) is 124 Å². The van der Waals surface area contributed by atoms with Crippen LogP contribution in [0.2, 0.25) is 0 Å². The maximum Gasteiger partial charge on any atom is 0.366 e. The zero-order valence-corrected chi connectivity index (χ0v) is 40.0. The molecule has 71 heavy (non-hydrogen) atoms. The van der Waals surface area contributed by atoms with Gasteiger partial charge in [-0.2, -0.15) is 0 Å². The molecule has 398 valence electrons. The number of ether oxygens (including phenoxy) is 13. The third kappa shape index (κ3) is 18.3. The number of nitrogens with one attached hydrogen (secondary N) is 2. The van der Waals surface area contributed by atoms with Gasteiger partial charge in [-0.1, -0.05) is 0 Å². The second kappa shape index (κ2) is 26.8. The molecule has 2 amide bonds. The number of methoxy groups -OCH3 is 1. The third-order valence-electron chi connectivity index (χ3n) is 9.64. The van der Waals surface area contributed by atoms with Crippen molar-refractivity contribution in [3.63, 3.8) is 0 Å². The number of aliphatic carboxylic acids is 2. The van der Waals surface area contributed by atoms with Crippen molar-refractivity contribution < 1.29 is 134 Å². The van der Waals surface area contributed by atoms with Crippen molar-refractivity contribution in [1.82, 2.24) is 10.6 Å². The molecule has 0 aliphatic carbocycles. The second-order valence-electron chi connectivity index (χ2n) is 15.5. The van der Waals surface area contributed by atoms with Gasteiger partial charge >= 0.3 is 65.7 Å². The molecule has 2 aliphatic heterocycles. The lowest BCUT2D eigenvalue weighted by atomic mass is 9.87. The summed E-state index contributed by atoms with van der Waals surface area (Å²) in [5.74, 6) is -22.2. The Hall–Kier alpha value is -7.05. The van der Waals surface area contributed by atoms with E-state index in [9.17, 15) is 72.5 Å². The number of carboxylic acid groups (broad SMARTS) is 2. The molecule has 0 unspecified atom stereocenters. The normalized spacial score (nSPS) is 25.3. The van der Waals surface area contributed by atoms with Crippen molar-refractivity contribution in [2.75, 3.05) is 33.5 Å². The molecule has 0 radical (unpaired) electrons. The summed E-state index contributed by atoms with van der Waals surface area (Å²) >= 11 is 0. The van der Waals surface area contributed by atoms with E-state index in [2.05, 4.69) is 10.6 Å². The van der Waals surface area contributed by atoms with Crippen LogP contribution >= 0.6 is 0 Å². The van der Waals surface area contributed by atoms with E-state index in [1.165, 1.54) is 0 Å². The lowest BCUT2D eigenvalue weighted by Gasteiger charge is -2.49. The van der Waals surface area contributed by atoms with Crippen LogP contribution in [0.25, 0.3) is 0 Å². The van der Waals surface area contributed by atoms with Gasteiger partial charge in [-0.15, -0.1) is 0 Å². The Labute approximate surface area is 403 Å². The van der Waals surface area contributed by atoms with Crippen LogP contribution in [0.5, 0.6) is 0 Å². The zero-order chi connectivity index (χ0) is 54.1. The van der Waals surface area contributed by atoms with Gasteiger partial charge in [-0.3, -0.25) is 47.9 Å². The maximum atomic E-state index is 14.2. The number of rotatable bonds is 24. The van der Waals surface area contributed by atoms with Gasteiger partial charge in [0.15, 0.2) is 24.4 Å². The van der Waals surface area contributed by atoms with E-state index in [1.807, 2.05) is 0 Å². The summed E-state index contributed by atoms with van der Waals surface area (Å²) in [5, 5.41) is 25.0. The fraction of sp³-hybridized carbons (Fsp3) is 0.683. The quantitative estimate of drug-likeness (QED) is 0.0554. The molecule has 2 rings (SSSR count). The van der Waals surface area contributed by atoms with Crippen LogP contribution < -0.4 is 10.6 Å². The SMILES string of the molecule is COC(=O)[C@@]1(OCC(=O)O)C[C@H](OC(C)=O)[C@@H](NC(=O)CO[C@]2(C(=O)O)C[C@H](OC(C)=O)[C@@H](NC(C)=O)[C@H]([C@H](OC(C)=O)[C@@H](COC(C)=O)OC(C)=O)O2)[C@H]([C@H](OC(C)=O)[C@@H](COC(C)=O)OC(C)=O)O1. The first-order valence-corrected chi connectivity index (χ1v) is 21.0. The molecular formula is C41H56N2O28. The lowest BCUT2D eigenvalue weighted by molar-refractivity contribution is -0.315. The highest BCUT2D eigenvalue weighted by molar-refractivity contribution is 5.82. The van der Waals surface area contributed by atoms with Gasteiger partial charge in [-0.25, -0.2) is 14.4 Å².